The molecule has 184 valence electrons. The SMILES string of the molecule is C[C@H](CC([N+](=O)[O-])([N+](=O)[O-])[N+](=O)[O-])C(=O)NCNC(=O)[C@@H](C)CC([N+](=O)[O-])([N+](=O)[O-])[N+](=O)[O-]. The lowest BCUT2D eigenvalue weighted by Crippen LogP contribution is -2.56. The lowest BCUT2D eigenvalue weighted by atomic mass is 10.0. The predicted molar refractivity (Wildman–Crippen MR) is 96.1 cm³/mol. The molecule has 0 aromatic rings. The molecule has 0 bridgehead atoms. The summed E-state index contributed by atoms with van der Waals surface area (Å²) >= 11 is 0. The number of nitro groups is 6. The molecule has 2 atom stereocenters. The van der Waals surface area contributed by atoms with Crippen molar-refractivity contribution in [1.82, 2.24) is 10.6 Å². The molecule has 0 saturated carbocycles. The third-order valence-electron chi connectivity index (χ3n) is 4.33. The van der Waals surface area contributed by atoms with Crippen LogP contribution >= 0.6 is 0 Å². The molecule has 0 aliphatic rings. The fourth-order valence-corrected chi connectivity index (χ4v) is 2.42. The summed E-state index contributed by atoms with van der Waals surface area (Å²) in [5.74, 6) is -13.6. The molecule has 0 fully saturated rings. The molecule has 22 heteroatoms. The average Bonchev–Trinajstić information content (AvgIpc) is 2.67. The molecule has 0 aliphatic heterocycles. The Bertz CT molecular complexity index is 746. The van der Waals surface area contributed by atoms with E-state index in [9.17, 15) is 70.3 Å². The maximum absolute atomic E-state index is 11.9. The average molecular weight is 484 g/mol. The van der Waals surface area contributed by atoms with E-state index in [4.69, 9.17) is 0 Å². The van der Waals surface area contributed by atoms with Crippen LogP contribution in [0.1, 0.15) is 26.7 Å². The molecule has 0 saturated heterocycles. The topological polar surface area (TPSA) is 317 Å². The van der Waals surface area contributed by atoms with Crippen molar-refractivity contribution in [2.45, 2.75) is 38.3 Å². The van der Waals surface area contributed by atoms with Crippen LogP contribution in [0.25, 0.3) is 0 Å². The number of hydrogen-bond donors (Lipinski definition) is 2. The quantitative estimate of drug-likeness (QED) is 0.156. The van der Waals surface area contributed by atoms with Crippen LogP contribution in [-0.2, 0) is 9.59 Å². The zero-order valence-corrected chi connectivity index (χ0v) is 16.7. The van der Waals surface area contributed by atoms with Gasteiger partial charge in [0.05, 0.1) is 18.5 Å². The minimum atomic E-state index is -3.91. The highest BCUT2D eigenvalue weighted by atomic mass is 16.7. The number of nitrogens with one attached hydrogen (secondary N) is 2. The fourth-order valence-electron chi connectivity index (χ4n) is 2.42. The van der Waals surface area contributed by atoms with Gasteiger partial charge in [-0.3, -0.25) is 70.3 Å². The molecule has 2 amide bonds. The van der Waals surface area contributed by atoms with Crippen LogP contribution in [0.3, 0.4) is 0 Å². The van der Waals surface area contributed by atoms with Crippen molar-refractivity contribution in [3.8, 4) is 0 Å². The highest BCUT2D eigenvalue weighted by Gasteiger charge is 2.72. The summed E-state index contributed by atoms with van der Waals surface area (Å²) in [6, 6.07) is 0. The van der Waals surface area contributed by atoms with Crippen molar-refractivity contribution < 1.29 is 39.1 Å². The maximum Gasteiger partial charge on any atom is 0.700 e. The van der Waals surface area contributed by atoms with E-state index in [-0.39, 0.29) is 0 Å². The van der Waals surface area contributed by atoms with E-state index in [1.54, 1.807) is 0 Å². The van der Waals surface area contributed by atoms with Crippen LogP contribution in [-0.4, -0.2) is 59.6 Å². The van der Waals surface area contributed by atoms with Crippen molar-refractivity contribution in [2.75, 3.05) is 6.67 Å². The lowest BCUT2D eigenvalue weighted by molar-refractivity contribution is -0.971. The molecule has 0 rings (SSSR count). The summed E-state index contributed by atoms with van der Waals surface area (Å²) in [6.07, 6.45) is -2.93. The van der Waals surface area contributed by atoms with Gasteiger partial charge in [-0.2, -0.15) is 0 Å². The van der Waals surface area contributed by atoms with Gasteiger partial charge >= 0.3 is 11.6 Å². The van der Waals surface area contributed by atoms with Crippen molar-refractivity contribution in [1.29, 1.82) is 0 Å². The first-order chi connectivity index (χ1) is 15.0. The second-order valence-corrected chi connectivity index (χ2v) is 6.56. The number of carbonyl (C=O) groups is 2. The molecule has 0 radical (unpaired) electrons. The molecule has 0 aromatic heterocycles. The monoisotopic (exact) mass is 484 g/mol. The number of nitrogens with zero attached hydrogens (tertiary/aromatic N) is 6. The zero-order chi connectivity index (χ0) is 26.3. The highest BCUT2D eigenvalue weighted by Crippen LogP contribution is 2.24. The lowest BCUT2D eigenvalue weighted by Gasteiger charge is -2.16. The van der Waals surface area contributed by atoms with E-state index in [1.807, 2.05) is 10.6 Å². The second kappa shape index (κ2) is 10.6. The molecule has 0 aliphatic carbocycles. The van der Waals surface area contributed by atoms with E-state index >= 15 is 0 Å². The van der Waals surface area contributed by atoms with Crippen molar-refractivity contribution in [3.63, 3.8) is 0 Å². The molecule has 0 spiro atoms. The van der Waals surface area contributed by atoms with Gasteiger partial charge in [-0.15, -0.1) is 0 Å². The van der Waals surface area contributed by atoms with Gasteiger partial charge in [0.15, 0.2) is 42.4 Å². The van der Waals surface area contributed by atoms with Crippen LogP contribution in [0.5, 0.6) is 0 Å². The fraction of sp³-hybridized carbons (Fsp3) is 0.818. The van der Waals surface area contributed by atoms with Crippen LogP contribution < -0.4 is 10.6 Å². The maximum atomic E-state index is 11.9. The first-order valence-electron chi connectivity index (χ1n) is 8.40. The van der Waals surface area contributed by atoms with Crippen LogP contribution in [0.4, 0.5) is 0 Å². The Morgan fingerprint density at radius 1 is 0.606 bits per heavy atom. The largest absolute Gasteiger partial charge is 0.700 e. The van der Waals surface area contributed by atoms with Crippen molar-refractivity contribution in [3.05, 3.63) is 60.7 Å². The van der Waals surface area contributed by atoms with Crippen molar-refractivity contribution in [2.24, 2.45) is 11.8 Å². The Labute approximate surface area is 180 Å². The Morgan fingerprint density at radius 2 is 0.818 bits per heavy atom. The summed E-state index contributed by atoms with van der Waals surface area (Å²) in [5, 5.41) is 69.1. The summed E-state index contributed by atoms with van der Waals surface area (Å²) in [5.41, 5.74) is 0. The smallest absolute Gasteiger partial charge is 0.338 e. The number of rotatable bonds is 14. The Morgan fingerprint density at radius 3 is 1.00 bits per heavy atom. The standard InChI is InChI=1S/C11H16N8O14/c1-6(3-10(14(22)23,15(24)25)16(26)27)8(20)12-5-13-9(21)7(2)4-11(17(28)29,18(30)31)19(32)33/h6-7H,3-5H2,1-2H3,(H,12,20)(H,13,21)/t6-,7+. The normalized spacial score (nSPS) is 13.2. The van der Waals surface area contributed by atoms with Gasteiger partial charge in [0, 0.05) is 0 Å². The Hall–Kier alpha value is -4.66. The van der Waals surface area contributed by atoms with Crippen LogP contribution in [0.2, 0.25) is 0 Å². The van der Waals surface area contributed by atoms with Gasteiger partial charge in [-0.05, 0) is 0 Å². The molecular weight excluding hydrogens is 468 g/mol. The Balaban J connectivity index is 5.16. The molecule has 0 aromatic carbocycles. The van der Waals surface area contributed by atoms with E-state index in [0.717, 1.165) is 13.8 Å². The molecule has 0 heterocycles. The highest BCUT2D eigenvalue weighted by molar-refractivity contribution is 5.80. The second-order valence-electron chi connectivity index (χ2n) is 6.56. The summed E-state index contributed by atoms with van der Waals surface area (Å²) < 4.78 is 0. The molecule has 33 heavy (non-hydrogen) atoms. The summed E-state index contributed by atoms with van der Waals surface area (Å²) in [4.78, 5) is 78.5. The van der Waals surface area contributed by atoms with Gasteiger partial charge in [-0.1, -0.05) is 13.8 Å². The van der Waals surface area contributed by atoms with Crippen LogP contribution in [0, 0.1) is 72.5 Å². The molecule has 0 unspecified atom stereocenters. The molecular formula is C11H16N8O14. The van der Waals surface area contributed by atoms with Gasteiger partial charge in [0.25, 0.3) is 0 Å². The van der Waals surface area contributed by atoms with Gasteiger partial charge < -0.3 is 10.6 Å². The van der Waals surface area contributed by atoms with Gasteiger partial charge in [-0.25, -0.2) is 0 Å². The van der Waals surface area contributed by atoms with Crippen LogP contribution in [0.15, 0.2) is 0 Å². The third kappa shape index (κ3) is 5.73. The van der Waals surface area contributed by atoms with Gasteiger partial charge in [0.1, 0.15) is 0 Å². The molecule has 2 N–H and O–H groups in total. The molecule has 22 nitrogen and oxygen atoms in total. The van der Waals surface area contributed by atoms with E-state index in [2.05, 4.69) is 0 Å². The minimum absolute atomic E-state index is 0.822. The van der Waals surface area contributed by atoms with Crippen molar-refractivity contribution >= 4 is 11.8 Å². The first kappa shape index (κ1) is 28.3. The first-order valence-corrected chi connectivity index (χ1v) is 8.40. The minimum Gasteiger partial charge on any atom is -0.338 e. The number of amides is 2. The summed E-state index contributed by atoms with van der Waals surface area (Å²) in [7, 11) is 0. The van der Waals surface area contributed by atoms with E-state index in [0.29, 0.717) is 0 Å². The number of hydrogen-bond acceptors (Lipinski definition) is 14. The summed E-state index contributed by atoms with van der Waals surface area (Å²) in [6.45, 7) is 0.937. The van der Waals surface area contributed by atoms with E-state index in [1.165, 1.54) is 0 Å². The predicted octanol–water partition coefficient (Wildman–Crippen LogP) is -1.80. The zero-order valence-electron chi connectivity index (χ0n) is 16.7. The van der Waals surface area contributed by atoms with E-state index < -0.39 is 84.3 Å². The number of carbonyl (C=O) groups excluding carboxylic acids is 2. The Kier molecular flexibility index (Phi) is 9.09. The van der Waals surface area contributed by atoms with Gasteiger partial charge in [0.2, 0.25) is 11.8 Å². The third-order valence-corrected chi connectivity index (χ3v) is 4.33.